The van der Waals surface area contributed by atoms with E-state index in [1.807, 2.05) is 68.4 Å². The predicted molar refractivity (Wildman–Crippen MR) is 113 cm³/mol. The zero-order chi connectivity index (χ0) is 21.4. The summed E-state index contributed by atoms with van der Waals surface area (Å²) in [5.74, 6) is -1.16. The second-order valence-corrected chi connectivity index (χ2v) is 6.97. The summed E-state index contributed by atoms with van der Waals surface area (Å²) in [6.45, 7) is 1.93. The van der Waals surface area contributed by atoms with E-state index >= 15 is 0 Å². The van der Waals surface area contributed by atoms with E-state index in [2.05, 4.69) is 0 Å². The average Bonchev–Trinajstić information content (AvgIpc) is 2.71. The quantitative estimate of drug-likeness (QED) is 0.412. The summed E-state index contributed by atoms with van der Waals surface area (Å²) < 4.78 is 5.03. The minimum atomic E-state index is -0.815. The number of amides is 1. The monoisotopic (exact) mass is 391 g/mol. The molecule has 0 fully saturated rings. The molecule has 0 aliphatic carbocycles. The lowest BCUT2D eigenvalue weighted by atomic mass is 10.1. The van der Waals surface area contributed by atoms with Crippen molar-refractivity contribution in [3.05, 3.63) is 70.8 Å². The van der Waals surface area contributed by atoms with Crippen LogP contribution in [0.1, 0.15) is 16.7 Å². The third-order valence-corrected chi connectivity index (χ3v) is 4.35. The zero-order valence-electron chi connectivity index (χ0n) is 17.2. The van der Waals surface area contributed by atoms with Crippen LogP contribution in [-0.2, 0) is 20.9 Å². The minimum Gasteiger partial charge on any atom is -0.451 e. The van der Waals surface area contributed by atoms with Crippen LogP contribution < -0.4 is 4.90 Å². The number of carbonyl (C=O) groups is 2. The van der Waals surface area contributed by atoms with Crippen molar-refractivity contribution in [2.45, 2.75) is 13.5 Å². The summed E-state index contributed by atoms with van der Waals surface area (Å²) in [7, 11) is 5.56. The Kier molecular flexibility index (Phi) is 7.55. The van der Waals surface area contributed by atoms with Crippen LogP contribution in [0.15, 0.2) is 54.1 Å². The van der Waals surface area contributed by atoms with Gasteiger partial charge in [-0.1, -0.05) is 42.0 Å². The molecule has 0 unspecified atom stereocenters. The molecule has 2 aromatic rings. The lowest BCUT2D eigenvalue weighted by Crippen LogP contribution is -2.31. The molecule has 150 valence electrons. The van der Waals surface area contributed by atoms with E-state index in [-0.39, 0.29) is 11.5 Å². The Labute approximate surface area is 171 Å². The van der Waals surface area contributed by atoms with E-state index in [0.29, 0.717) is 12.1 Å². The number of ether oxygens (including phenoxy) is 1. The van der Waals surface area contributed by atoms with Crippen LogP contribution >= 0.6 is 0 Å². The topological polar surface area (TPSA) is 73.6 Å². The third kappa shape index (κ3) is 6.51. The normalized spacial score (nSPS) is 10.8. The van der Waals surface area contributed by atoms with Crippen molar-refractivity contribution < 1.29 is 14.3 Å². The van der Waals surface area contributed by atoms with Crippen molar-refractivity contribution in [2.75, 3.05) is 32.6 Å². The first-order chi connectivity index (χ1) is 13.8. The van der Waals surface area contributed by atoms with E-state index in [4.69, 9.17) is 4.74 Å². The molecule has 29 heavy (non-hydrogen) atoms. The summed E-state index contributed by atoms with van der Waals surface area (Å²) in [5, 5.41) is 9.23. The average molecular weight is 391 g/mol. The van der Waals surface area contributed by atoms with Crippen molar-refractivity contribution in [1.29, 1.82) is 5.26 Å². The SMILES string of the molecule is Cc1ccc(/C=C(\C#N)C(=O)OCC(=O)N(C)Cc2ccc(N(C)C)cc2)cc1. The Morgan fingerprint density at radius 2 is 1.66 bits per heavy atom. The fourth-order valence-corrected chi connectivity index (χ4v) is 2.54. The summed E-state index contributed by atoms with van der Waals surface area (Å²) in [6, 6.07) is 17.1. The zero-order valence-corrected chi connectivity index (χ0v) is 17.2. The number of carbonyl (C=O) groups excluding carboxylic acids is 2. The molecule has 6 heteroatoms. The molecule has 0 atom stereocenters. The molecule has 0 aromatic heterocycles. The van der Waals surface area contributed by atoms with Crippen LogP contribution in [0, 0.1) is 18.3 Å². The second-order valence-electron chi connectivity index (χ2n) is 6.97. The third-order valence-electron chi connectivity index (χ3n) is 4.35. The first kappa shape index (κ1) is 21.7. The number of hydrogen-bond acceptors (Lipinski definition) is 5. The molecular formula is C23H25N3O3. The smallest absolute Gasteiger partial charge is 0.349 e. The molecule has 0 spiro atoms. The Hall–Kier alpha value is -3.59. The lowest BCUT2D eigenvalue weighted by molar-refractivity contribution is -0.148. The van der Waals surface area contributed by atoms with Crippen LogP contribution in [0.4, 0.5) is 5.69 Å². The van der Waals surface area contributed by atoms with Crippen molar-refractivity contribution in [2.24, 2.45) is 0 Å². The summed E-state index contributed by atoms with van der Waals surface area (Å²) in [5.41, 5.74) is 3.68. The van der Waals surface area contributed by atoms with Crippen LogP contribution in [0.25, 0.3) is 6.08 Å². The van der Waals surface area contributed by atoms with Crippen LogP contribution in [0.3, 0.4) is 0 Å². The summed E-state index contributed by atoms with van der Waals surface area (Å²) in [6.07, 6.45) is 1.45. The van der Waals surface area contributed by atoms with Crippen molar-refractivity contribution in [1.82, 2.24) is 4.90 Å². The Morgan fingerprint density at radius 1 is 1.03 bits per heavy atom. The fraction of sp³-hybridized carbons (Fsp3) is 0.261. The van der Waals surface area contributed by atoms with Gasteiger partial charge in [-0.05, 0) is 36.3 Å². The van der Waals surface area contributed by atoms with Gasteiger partial charge in [-0.2, -0.15) is 5.26 Å². The van der Waals surface area contributed by atoms with Gasteiger partial charge in [0.25, 0.3) is 5.91 Å². The van der Waals surface area contributed by atoms with Crippen LogP contribution in [-0.4, -0.2) is 44.5 Å². The molecule has 0 saturated carbocycles. The second kappa shape index (κ2) is 10.1. The lowest BCUT2D eigenvalue weighted by Gasteiger charge is -2.18. The number of rotatable bonds is 7. The molecule has 0 radical (unpaired) electrons. The molecule has 0 N–H and O–H groups in total. The minimum absolute atomic E-state index is 0.149. The highest BCUT2D eigenvalue weighted by Crippen LogP contribution is 2.14. The number of hydrogen-bond donors (Lipinski definition) is 0. The Morgan fingerprint density at radius 3 is 2.21 bits per heavy atom. The molecule has 0 bridgehead atoms. The molecule has 6 nitrogen and oxygen atoms in total. The largest absolute Gasteiger partial charge is 0.451 e. The van der Waals surface area contributed by atoms with E-state index in [9.17, 15) is 14.9 Å². The highest BCUT2D eigenvalue weighted by molar-refractivity contribution is 5.98. The van der Waals surface area contributed by atoms with E-state index in [1.165, 1.54) is 11.0 Å². The number of aryl methyl sites for hydroxylation is 1. The molecule has 0 heterocycles. The molecular weight excluding hydrogens is 366 g/mol. The number of anilines is 1. The molecule has 2 rings (SSSR count). The van der Waals surface area contributed by atoms with Crippen LogP contribution in [0.5, 0.6) is 0 Å². The van der Waals surface area contributed by atoms with E-state index in [0.717, 1.165) is 16.8 Å². The van der Waals surface area contributed by atoms with Crippen molar-refractivity contribution >= 4 is 23.6 Å². The van der Waals surface area contributed by atoms with Gasteiger partial charge in [-0.25, -0.2) is 4.79 Å². The molecule has 0 aliphatic heterocycles. The molecule has 1 amide bonds. The Balaban J connectivity index is 1.91. The number of nitrogens with zero attached hydrogens (tertiary/aromatic N) is 3. The number of likely N-dealkylation sites (N-methyl/N-ethyl adjacent to an activating group) is 1. The van der Waals surface area contributed by atoms with Gasteiger partial charge in [-0.3, -0.25) is 4.79 Å². The van der Waals surface area contributed by atoms with Gasteiger partial charge >= 0.3 is 5.97 Å². The van der Waals surface area contributed by atoms with E-state index < -0.39 is 12.6 Å². The highest BCUT2D eigenvalue weighted by Gasteiger charge is 2.16. The Bertz CT molecular complexity index is 923. The van der Waals surface area contributed by atoms with Gasteiger partial charge in [0, 0.05) is 33.4 Å². The maximum atomic E-state index is 12.3. The predicted octanol–water partition coefficient (Wildman–Crippen LogP) is 3.17. The summed E-state index contributed by atoms with van der Waals surface area (Å²) in [4.78, 5) is 27.9. The van der Waals surface area contributed by atoms with Crippen molar-refractivity contribution in [3.8, 4) is 6.07 Å². The first-order valence-corrected chi connectivity index (χ1v) is 9.16. The maximum absolute atomic E-state index is 12.3. The number of benzene rings is 2. The van der Waals surface area contributed by atoms with Crippen molar-refractivity contribution in [3.63, 3.8) is 0 Å². The standard InChI is InChI=1S/C23H25N3O3/c1-17-5-7-18(8-6-17)13-20(14-24)23(28)29-16-22(27)26(4)15-19-9-11-21(12-10-19)25(2)3/h5-13H,15-16H2,1-4H3/b20-13+. The van der Waals surface area contributed by atoms with Gasteiger partial charge in [0.05, 0.1) is 0 Å². The van der Waals surface area contributed by atoms with Crippen LogP contribution in [0.2, 0.25) is 0 Å². The molecule has 2 aromatic carbocycles. The fourth-order valence-electron chi connectivity index (χ4n) is 2.54. The summed E-state index contributed by atoms with van der Waals surface area (Å²) >= 11 is 0. The maximum Gasteiger partial charge on any atom is 0.349 e. The van der Waals surface area contributed by atoms with Gasteiger partial charge < -0.3 is 14.5 Å². The highest BCUT2D eigenvalue weighted by atomic mass is 16.5. The van der Waals surface area contributed by atoms with Gasteiger partial charge in [-0.15, -0.1) is 0 Å². The van der Waals surface area contributed by atoms with Gasteiger partial charge in [0.1, 0.15) is 11.6 Å². The van der Waals surface area contributed by atoms with Gasteiger partial charge in [0.15, 0.2) is 6.61 Å². The molecule has 0 aliphatic rings. The number of nitriles is 1. The first-order valence-electron chi connectivity index (χ1n) is 9.16. The van der Waals surface area contributed by atoms with E-state index in [1.54, 1.807) is 19.2 Å². The number of esters is 1. The molecule has 0 saturated heterocycles. The van der Waals surface area contributed by atoms with Gasteiger partial charge in [0.2, 0.25) is 0 Å².